The Morgan fingerprint density at radius 2 is 1.71 bits per heavy atom. The molecule has 2 aromatic carbocycles. The highest BCUT2D eigenvalue weighted by Gasteiger charge is 2.21. The summed E-state index contributed by atoms with van der Waals surface area (Å²) in [4.78, 5) is 60.6. The monoisotopic (exact) mass is 787 g/mol. The molecule has 0 aliphatic heterocycles. The Morgan fingerprint density at radius 1 is 0.911 bits per heavy atom. The Hall–Kier alpha value is -6.67. The topological polar surface area (TPSA) is 275 Å². The fourth-order valence-corrected chi connectivity index (χ4v) is 6.11. The molecule has 8 N–H and O–H groups in total. The number of H-pyrrole nitrogens is 1. The zero-order valence-corrected chi connectivity index (χ0v) is 30.8. The number of aryl methyl sites for hydroxylation is 1. The number of hydrogen-bond acceptors (Lipinski definition) is 12. The highest BCUT2D eigenvalue weighted by molar-refractivity contribution is 7.86. The van der Waals surface area contributed by atoms with Crippen LogP contribution in [0.3, 0.4) is 0 Å². The Morgan fingerprint density at radius 3 is 2.46 bits per heavy atom. The molecule has 1 atom stereocenters. The van der Waals surface area contributed by atoms with Crippen LogP contribution in [-0.2, 0) is 26.3 Å². The molecule has 0 radical (unpaired) electrons. The Kier molecular flexibility index (Phi) is 14.2. The molecule has 19 nitrogen and oxygen atoms in total. The molecular formula is C36H41N11O8S. The van der Waals surface area contributed by atoms with E-state index in [1.165, 1.54) is 42.7 Å². The van der Waals surface area contributed by atoms with Crippen LogP contribution in [0, 0.1) is 0 Å². The van der Waals surface area contributed by atoms with Crippen molar-refractivity contribution in [3.63, 3.8) is 0 Å². The summed E-state index contributed by atoms with van der Waals surface area (Å²) in [7, 11) is -4.42. The Balaban J connectivity index is 0.963. The number of rotatable bonds is 21. The number of carbonyl (C=O) groups excluding carboxylic acids is 3. The van der Waals surface area contributed by atoms with E-state index in [9.17, 15) is 37.3 Å². The molecule has 1 unspecified atom stereocenters. The zero-order valence-electron chi connectivity index (χ0n) is 30.0. The van der Waals surface area contributed by atoms with Crippen molar-refractivity contribution in [1.82, 2.24) is 40.7 Å². The number of aromatic nitrogens is 5. The zero-order chi connectivity index (χ0) is 39.9. The predicted octanol–water partition coefficient (Wildman–Crippen LogP) is 2.64. The number of aliphatic carboxylic acids is 1. The number of hydrazone groups is 1. The third kappa shape index (κ3) is 11.9. The first kappa shape index (κ1) is 40.5. The SMILES string of the molecule is O=C(CCCCCNC(=O)c1ccc(NN=Cc2ccccc2S(=O)(=O)O)nc1)NC(CNC(=O)c1ccc2c(cnn2CCCNc2ncc[nH]2)c1)C(=O)O. The van der Waals surface area contributed by atoms with Gasteiger partial charge < -0.3 is 31.4 Å². The van der Waals surface area contributed by atoms with Gasteiger partial charge in [-0.3, -0.25) is 29.0 Å². The highest BCUT2D eigenvalue weighted by atomic mass is 32.2. The maximum atomic E-state index is 12.9. The number of nitrogens with zero attached hydrogens (tertiary/aromatic N) is 5. The first-order chi connectivity index (χ1) is 27.0. The van der Waals surface area contributed by atoms with Gasteiger partial charge in [0.2, 0.25) is 5.91 Å². The lowest BCUT2D eigenvalue weighted by atomic mass is 10.1. The van der Waals surface area contributed by atoms with Crippen LogP contribution < -0.4 is 26.7 Å². The van der Waals surface area contributed by atoms with E-state index in [2.05, 4.69) is 51.8 Å². The van der Waals surface area contributed by atoms with E-state index in [-0.39, 0.29) is 35.1 Å². The number of anilines is 2. The largest absolute Gasteiger partial charge is 0.480 e. The molecule has 0 bridgehead atoms. The van der Waals surface area contributed by atoms with Gasteiger partial charge in [-0.15, -0.1) is 0 Å². The number of pyridine rings is 1. The molecule has 0 aliphatic rings. The lowest BCUT2D eigenvalue weighted by molar-refractivity contribution is -0.141. The minimum Gasteiger partial charge on any atom is -0.480 e. The van der Waals surface area contributed by atoms with Crippen LogP contribution in [0.4, 0.5) is 11.8 Å². The van der Waals surface area contributed by atoms with E-state index in [0.29, 0.717) is 56.0 Å². The minimum absolute atomic E-state index is 0.0630. The molecule has 3 aromatic heterocycles. The van der Waals surface area contributed by atoms with Gasteiger partial charge in [-0.05, 0) is 55.7 Å². The Labute approximate surface area is 321 Å². The maximum absolute atomic E-state index is 12.9. The number of fused-ring (bicyclic) bond motifs is 1. The lowest BCUT2D eigenvalue weighted by Crippen LogP contribution is -2.48. The van der Waals surface area contributed by atoms with Crippen LogP contribution in [-0.4, -0.2) is 98.4 Å². The quantitative estimate of drug-likeness (QED) is 0.0230. The summed E-state index contributed by atoms with van der Waals surface area (Å²) in [5.74, 6) is -1.63. The summed E-state index contributed by atoms with van der Waals surface area (Å²) in [5, 5.41) is 29.7. The summed E-state index contributed by atoms with van der Waals surface area (Å²) < 4.78 is 34.2. The number of imidazole rings is 1. The van der Waals surface area contributed by atoms with Gasteiger partial charge in [0.1, 0.15) is 16.8 Å². The van der Waals surface area contributed by atoms with Gasteiger partial charge in [-0.2, -0.15) is 18.6 Å². The predicted molar refractivity (Wildman–Crippen MR) is 206 cm³/mol. The van der Waals surface area contributed by atoms with Gasteiger partial charge in [-0.25, -0.2) is 14.8 Å². The number of benzene rings is 2. The van der Waals surface area contributed by atoms with Gasteiger partial charge in [0.15, 0.2) is 5.95 Å². The van der Waals surface area contributed by atoms with Crippen molar-refractivity contribution >= 4 is 62.7 Å². The van der Waals surface area contributed by atoms with Crippen LogP contribution in [0.2, 0.25) is 0 Å². The van der Waals surface area contributed by atoms with Crippen LogP contribution in [0.15, 0.2) is 89.4 Å². The molecule has 0 spiro atoms. The number of unbranched alkanes of at least 4 members (excludes halogenated alkanes) is 2. The second kappa shape index (κ2) is 19.6. The van der Waals surface area contributed by atoms with Gasteiger partial charge >= 0.3 is 5.97 Å². The summed E-state index contributed by atoms with van der Waals surface area (Å²) in [6.45, 7) is 1.36. The van der Waals surface area contributed by atoms with E-state index in [0.717, 1.165) is 17.3 Å². The van der Waals surface area contributed by atoms with E-state index in [4.69, 9.17) is 0 Å². The molecule has 3 amide bonds. The molecular weight excluding hydrogens is 747 g/mol. The van der Waals surface area contributed by atoms with Gasteiger partial charge in [-0.1, -0.05) is 24.6 Å². The van der Waals surface area contributed by atoms with E-state index < -0.39 is 33.9 Å². The van der Waals surface area contributed by atoms with Crippen LogP contribution >= 0.6 is 0 Å². The van der Waals surface area contributed by atoms with Crippen molar-refractivity contribution in [2.24, 2.45) is 5.10 Å². The fourth-order valence-electron chi connectivity index (χ4n) is 5.44. The molecule has 56 heavy (non-hydrogen) atoms. The second-order valence-corrected chi connectivity index (χ2v) is 13.8. The molecule has 0 saturated carbocycles. The first-order valence-corrected chi connectivity index (χ1v) is 19.0. The summed E-state index contributed by atoms with van der Waals surface area (Å²) >= 11 is 0. The van der Waals surface area contributed by atoms with Crippen molar-refractivity contribution in [1.29, 1.82) is 0 Å². The fraction of sp³-hybridized carbons (Fsp3) is 0.278. The molecule has 20 heteroatoms. The lowest BCUT2D eigenvalue weighted by Gasteiger charge is -2.15. The molecule has 0 aliphatic carbocycles. The Bertz CT molecular complexity index is 2260. The third-order valence-electron chi connectivity index (χ3n) is 8.31. The van der Waals surface area contributed by atoms with E-state index in [1.807, 2.05) is 4.68 Å². The number of carbonyl (C=O) groups is 4. The normalized spacial score (nSPS) is 11.9. The number of carboxylic acid groups (broad SMARTS) is 1. The average Bonchev–Trinajstić information content (AvgIpc) is 3.86. The number of hydrogen-bond donors (Lipinski definition) is 8. The van der Waals surface area contributed by atoms with Crippen LogP contribution in [0.25, 0.3) is 10.9 Å². The minimum atomic E-state index is -4.42. The second-order valence-electron chi connectivity index (χ2n) is 12.4. The molecule has 0 saturated heterocycles. The van der Waals surface area contributed by atoms with Crippen LogP contribution in [0.1, 0.15) is 58.4 Å². The number of amides is 3. The van der Waals surface area contributed by atoms with Gasteiger partial charge in [0.05, 0.1) is 23.5 Å². The van der Waals surface area contributed by atoms with Crippen molar-refractivity contribution in [3.05, 3.63) is 96.1 Å². The van der Waals surface area contributed by atoms with Gasteiger partial charge in [0, 0.05) is 67.7 Å². The number of carboxylic acids is 1. The van der Waals surface area contributed by atoms with Gasteiger partial charge in [0.25, 0.3) is 21.9 Å². The van der Waals surface area contributed by atoms with Crippen molar-refractivity contribution < 1.29 is 37.3 Å². The van der Waals surface area contributed by atoms with E-state index in [1.54, 1.807) is 42.9 Å². The molecule has 5 rings (SSSR count). The van der Waals surface area contributed by atoms with Crippen molar-refractivity contribution in [3.8, 4) is 0 Å². The summed E-state index contributed by atoms with van der Waals surface area (Å²) in [5.41, 5.74) is 4.27. The maximum Gasteiger partial charge on any atom is 0.328 e. The molecule has 294 valence electrons. The van der Waals surface area contributed by atoms with Crippen molar-refractivity contribution in [2.75, 3.05) is 30.4 Å². The third-order valence-corrected chi connectivity index (χ3v) is 9.24. The average molecular weight is 788 g/mol. The van der Waals surface area contributed by atoms with Crippen LogP contribution in [0.5, 0.6) is 0 Å². The highest BCUT2D eigenvalue weighted by Crippen LogP contribution is 2.17. The summed E-state index contributed by atoms with van der Waals surface area (Å²) in [6, 6.07) is 12.6. The number of aromatic amines is 1. The number of nitrogens with one attached hydrogen (secondary N) is 6. The molecule has 0 fully saturated rings. The van der Waals surface area contributed by atoms with Crippen molar-refractivity contribution in [2.45, 2.75) is 49.6 Å². The smallest absolute Gasteiger partial charge is 0.328 e. The van der Waals surface area contributed by atoms with E-state index >= 15 is 0 Å². The molecule has 3 heterocycles. The summed E-state index contributed by atoms with van der Waals surface area (Å²) in [6.07, 6.45) is 10.1. The first-order valence-electron chi connectivity index (χ1n) is 17.6. The molecule has 5 aromatic rings. The standard InChI is InChI=1S/C36H41N11O8S/c48-32(9-2-1-5-14-37-34(50)26-11-13-31(41-20-26)46-43-21-25-7-3-4-8-30(25)56(53,54)55)45-28(35(51)52)23-42-33(49)24-10-12-29-27(19-24)22-44-47(29)18-6-15-38-36-39-16-17-40-36/h3-4,7-8,10-13,16-17,19-22,28H,1-2,5-6,9,14-15,18,23H2,(H,37,50)(H,41,46)(H,42,49)(H,45,48)(H,51,52)(H2,38,39,40)(H,53,54,55).